The van der Waals surface area contributed by atoms with E-state index < -0.39 is 10.0 Å². The third kappa shape index (κ3) is 4.40. The molecule has 1 heterocycles. The van der Waals surface area contributed by atoms with Crippen LogP contribution in [0.2, 0.25) is 0 Å². The number of hydrogen-bond donors (Lipinski definition) is 2. The van der Waals surface area contributed by atoms with Gasteiger partial charge < -0.3 is 15.4 Å². The lowest BCUT2D eigenvalue weighted by Crippen LogP contribution is -2.30. The Morgan fingerprint density at radius 1 is 1.26 bits per heavy atom. The van der Waals surface area contributed by atoms with Crippen molar-refractivity contribution in [2.45, 2.75) is 11.3 Å². The number of sulfonamides is 1. The number of nitrogens with zero attached hydrogens (tertiary/aromatic N) is 1. The molecule has 1 aliphatic rings. The fraction of sp³-hybridized carbons (Fsp3) is 0.316. The van der Waals surface area contributed by atoms with E-state index in [1.165, 1.54) is 19.2 Å². The minimum atomic E-state index is -3.81. The topological polar surface area (TPSA) is 102 Å². The number of rotatable bonds is 6. The molecule has 0 bridgehead atoms. The molecule has 0 saturated carbocycles. The van der Waals surface area contributed by atoms with Crippen molar-refractivity contribution in [2.75, 3.05) is 31.5 Å². The smallest absolute Gasteiger partial charge is 0.261 e. The highest BCUT2D eigenvalue weighted by molar-refractivity contribution is 7.92. The molecule has 3 N–H and O–H groups in total. The average Bonchev–Trinajstić information content (AvgIpc) is 3.17. The first-order valence-electron chi connectivity index (χ1n) is 8.69. The zero-order valence-corrected chi connectivity index (χ0v) is 15.9. The second-order valence-electron chi connectivity index (χ2n) is 6.50. The number of hydrogen-bond acceptors (Lipinski definition) is 5. The number of nitrogens with one attached hydrogen (secondary N) is 1. The van der Waals surface area contributed by atoms with Crippen LogP contribution in [-0.4, -0.2) is 46.0 Å². The molecule has 27 heavy (non-hydrogen) atoms. The molecule has 0 aliphatic carbocycles. The molecular weight excluding hydrogens is 366 g/mol. The zero-order chi connectivity index (χ0) is 19.4. The first-order chi connectivity index (χ1) is 12.9. The third-order valence-corrected chi connectivity index (χ3v) is 6.02. The van der Waals surface area contributed by atoms with E-state index in [-0.39, 0.29) is 10.8 Å². The van der Waals surface area contributed by atoms with Crippen LogP contribution in [-0.2, 0) is 10.0 Å². The molecule has 0 spiro atoms. The average molecular weight is 389 g/mol. The summed E-state index contributed by atoms with van der Waals surface area (Å²) in [6.45, 7) is 1.79. The van der Waals surface area contributed by atoms with Crippen LogP contribution < -0.4 is 15.2 Å². The Bertz CT molecular complexity index is 913. The van der Waals surface area contributed by atoms with E-state index in [1.807, 2.05) is 0 Å². The van der Waals surface area contributed by atoms with Gasteiger partial charge in [-0.3, -0.25) is 9.52 Å². The van der Waals surface area contributed by atoms with Crippen LogP contribution in [0.1, 0.15) is 16.8 Å². The van der Waals surface area contributed by atoms with E-state index in [0.29, 0.717) is 42.6 Å². The van der Waals surface area contributed by atoms with Crippen molar-refractivity contribution in [3.8, 4) is 5.75 Å². The summed E-state index contributed by atoms with van der Waals surface area (Å²) in [4.78, 5) is 14.4. The summed E-state index contributed by atoms with van der Waals surface area (Å²) in [5.41, 5.74) is 6.44. The quantitative estimate of drug-likeness (QED) is 0.786. The highest BCUT2D eigenvalue weighted by Gasteiger charge is 2.26. The molecule has 0 radical (unpaired) electrons. The number of carbonyl (C=O) groups excluding carboxylic acids is 1. The Kier molecular flexibility index (Phi) is 5.67. The monoisotopic (exact) mass is 389 g/mol. The van der Waals surface area contributed by atoms with Crippen LogP contribution in [0.4, 0.5) is 5.69 Å². The molecule has 3 rings (SSSR count). The summed E-state index contributed by atoms with van der Waals surface area (Å²) in [6, 6.07) is 12.6. The van der Waals surface area contributed by atoms with Crippen molar-refractivity contribution in [1.29, 1.82) is 0 Å². The second-order valence-corrected chi connectivity index (χ2v) is 8.19. The molecule has 2 aromatic rings. The molecule has 0 aromatic heterocycles. The number of amides is 1. The number of benzene rings is 2. The molecule has 1 unspecified atom stereocenters. The summed E-state index contributed by atoms with van der Waals surface area (Å²) in [5.74, 6) is 0.761. The maximum Gasteiger partial charge on any atom is 0.261 e. The molecule has 1 atom stereocenters. The van der Waals surface area contributed by atoms with Crippen LogP contribution >= 0.6 is 0 Å². The Hall–Kier alpha value is -2.58. The van der Waals surface area contributed by atoms with E-state index in [9.17, 15) is 13.2 Å². The Morgan fingerprint density at radius 3 is 2.63 bits per heavy atom. The number of carbonyl (C=O) groups is 1. The van der Waals surface area contributed by atoms with Crippen LogP contribution in [0.25, 0.3) is 0 Å². The van der Waals surface area contributed by atoms with Gasteiger partial charge in [0.15, 0.2) is 0 Å². The minimum Gasteiger partial charge on any atom is -0.497 e. The number of ether oxygens (including phenoxy) is 1. The van der Waals surface area contributed by atoms with Crippen molar-refractivity contribution in [2.24, 2.45) is 11.7 Å². The van der Waals surface area contributed by atoms with Crippen LogP contribution in [0.3, 0.4) is 0 Å². The van der Waals surface area contributed by atoms with Crippen LogP contribution in [0.5, 0.6) is 5.75 Å². The highest BCUT2D eigenvalue weighted by Crippen LogP contribution is 2.22. The van der Waals surface area contributed by atoms with E-state index in [0.717, 1.165) is 6.42 Å². The molecular formula is C19H23N3O4S. The fourth-order valence-electron chi connectivity index (χ4n) is 3.06. The molecule has 1 amide bonds. The molecule has 144 valence electrons. The van der Waals surface area contributed by atoms with Crippen molar-refractivity contribution in [3.63, 3.8) is 0 Å². The number of likely N-dealkylation sites (tertiary alicyclic amines) is 1. The summed E-state index contributed by atoms with van der Waals surface area (Å²) < 4.78 is 32.9. The number of anilines is 1. The lowest BCUT2D eigenvalue weighted by atomic mass is 10.1. The highest BCUT2D eigenvalue weighted by atomic mass is 32.2. The zero-order valence-electron chi connectivity index (χ0n) is 15.1. The van der Waals surface area contributed by atoms with Gasteiger partial charge in [0.25, 0.3) is 15.9 Å². The van der Waals surface area contributed by atoms with Crippen molar-refractivity contribution < 1.29 is 17.9 Å². The van der Waals surface area contributed by atoms with Crippen LogP contribution in [0, 0.1) is 5.92 Å². The van der Waals surface area contributed by atoms with Gasteiger partial charge in [0.2, 0.25) is 0 Å². The maximum atomic E-state index is 12.7. The molecule has 2 aromatic carbocycles. The van der Waals surface area contributed by atoms with Gasteiger partial charge in [0.1, 0.15) is 5.75 Å². The lowest BCUT2D eigenvalue weighted by molar-refractivity contribution is 0.0787. The van der Waals surface area contributed by atoms with Crippen molar-refractivity contribution in [1.82, 2.24) is 4.90 Å². The molecule has 1 aliphatic heterocycles. The largest absolute Gasteiger partial charge is 0.497 e. The van der Waals surface area contributed by atoms with Gasteiger partial charge in [-0.05, 0) is 61.3 Å². The van der Waals surface area contributed by atoms with Gasteiger partial charge in [-0.2, -0.15) is 0 Å². The normalized spacial score (nSPS) is 17.0. The predicted molar refractivity (Wildman–Crippen MR) is 103 cm³/mol. The summed E-state index contributed by atoms with van der Waals surface area (Å²) in [5, 5.41) is 0. The number of methoxy groups -OCH3 is 1. The Balaban J connectivity index is 1.78. The van der Waals surface area contributed by atoms with Gasteiger partial charge in [0.05, 0.1) is 12.0 Å². The third-order valence-electron chi connectivity index (χ3n) is 4.64. The number of nitrogens with two attached hydrogens (primary N) is 1. The molecule has 8 heteroatoms. The predicted octanol–water partition coefficient (Wildman–Crippen LogP) is 1.92. The first-order valence-corrected chi connectivity index (χ1v) is 10.2. The standard InChI is InChI=1S/C19H23N3O4S/c1-26-17-7-5-16(6-8-17)21-27(24,25)18-4-2-3-15(11-18)19(23)22-10-9-14(12-20)13-22/h2-8,11,14,21H,9-10,12-13,20H2,1H3. The fourth-order valence-corrected chi connectivity index (χ4v) is 4.17. The van der Waals surface area contributed by atoms with E-state index >= 15 is 0 Å². The first kappa shape index (κ1) is 19.2. The second kappa shape index (κ2) is 7.98. The molecule has 7 nitrogen and oxygen atoms in total. The lowest BCUT2D eigenvalue weighted by Gasteiger charge is -2.17. The van der Waals surface area contributed by atoms with Gasteiger partial charge in [-0.25, -0.2) is 8.42 Å². The van der Waals surface area contributed by atoms with E-state index in [1.54, 1.807) is 41.3 Å². The van der Waals surface area contributed by atoms with E-state index in [4.69, 9.17) is 10.5 Å². The SMILES string of the molecule is COc1ccc(NS(=O)(=O)c2cccc(C(=O)N3CCC(CN)C3)c2)cc1. The summed E-state index contributed by atoms with van der Waals surface area (Å²) in [6.07, 6.45) is 0.874. The van der Waals surface area contributed by atoms with Crippen molar-refractivity contribution in [3.05, 3.63) is 54.1 Å². The Morgan fingerprint density at radius 2 is 2.00 bits per heavy atom. The van der Waals surface area contributed by atoms with Gasteiger partial charge in [0, 0.05) is 24.3 Å². The summed E-state index contributed by atoms with van der Waals surface area (Å²) >= 11 is 0. The van der Waals surface area contributed by atoms with Crippen molar-refractivity contribution >= 4 is 21.6 Å². The Labute approximate surface area is 159 Å². The van der Waals surface area contributed by atoms with Gasteiger partial charge >= 0.3 is 0 Å². The minimum absolute atomic E-state index is 0.0405. The molecule has 1 saturated heterocycles. The van der Waals surface area contributed by atoms with E-state index in [2.05, 4.69) is 4.72 Å². The van der Waals surface area contributed by atoms with Crippen LogP contribution in [0.15, 0.2) is 53.4 Å². The maximum absolute atomic E-state index is 12.7. The van der Waals surface area contributed by atoms with Gasteiger partial charge in [-0.15, -0.1) is 0 Å². The summed E-state index contributed by atoms with van der Waals surface area (Å²) in [7, 11) is -2.27. The van der Waals surface area contributed by atoms with Gasteiger partial charge in [-0.1, -0.05) is 6.07 Å². The molecule has 1 fully saturated rings.